The smallest absolute Gasteiger partial charge is 0.245 e. The number of nitrogens with zero attached hydrogens (tertiary/aromatic N) is 2. The van der Waals surface area contributed by atoms with E-state index in [1.54, 1.807) is 0 Å². The van der Waals surface area contributed by atoms with Crippen LogP contribution in [0.1, 0.15) is 47.5 Å². The molecule has 1 N–H and O–H groups in total. The van der Waals surface area contributed by atoms with Gasteiger partial charge in [-0.05, 0) is 57.3 Å². The number of nitrogens with one attached hydrogen (secondary N) is 1. The molecule has 1 saturated heterocycles. The highest BCUT2D eigenvalue weighted by Crippen LogP contribution is 2.24. The van der Waals surface area contributed by atoms with Gasteiger partial charge in [0.05, 0.1) is 0 Å². The first-order valence-electron chi connectivity index (χ1n) is 8.38. The summed E-state index contributed by atoms with van der Waals surface area (Å²) in [4.78, 5) is 15.3. The zero-order valence-electron chi connectivity index (χ0n) is 14.7. The Hall–Kier alpha value is -1.29. The van der Waals surface area contributed by atoms with Gasteiger partial charge in [-0.25, -0.2) is 0 Å². The summed E-state index contributed by atoms with van der Waals surface area (Å²) in [5.41, 5.74) is -0.525. The molecular weight excluding hydrogens is 274 g/mol. The number of rotatable bonds is 5. The SMILES string of the molecule is CC(C)(C)C(CN1CCCC1)NC(=O)C(C)(C)n1cccc1. The molecule has 124 valence electrons. The maximum absolute atomic E-state index is 12.8. The van der Waals surface area contributed by atoms with E-state index in [-0.39, 0.29) is 17.4 Å². The van der Waals surface area contributed by atoms with Gasteiger partial charge in [0.1, 0.15) is 5.54 Å². The number of amides is 1. The second-order valence-electron chi connectivity index (χ2n) is 8.05. The maximum Gasteiger partial charge on any atom is 0.245 e. The molecular formula is C18H31N3O. The Morgan fingerprint density at radius 1 is 1.09 bits per heavy atom. The topological polar surface area (TPSA) is 37.3 Å². The Morgan fingerprint density at radius 3 is 2.14 bits per heavy atom. The minimum absolute atomic E-state index is 0.0466. The van der Waals surface area contributed by atoms with Crippen molar-refractivity contribution in [2.24, 2.45) is 5.41 Å². The second-order valence-corrected chi connectivity index (χ2v) is 8.05. The van der Waals surface area contributed by atoms with E-state index in [1.807, 2.05) is 42.9 Å². The van der Waals surface area contributed by atoms with Crippen molar-refractivity contribution in [2.45, 2.75) is 59.0 Å². The quantitative estimate of drug-likeness (QED) is 0.908. The highest BCUT2D eigenvalue weighted by Gasteiger charge is 2.35. The molecule has 2 rings (SSSR count). The molecule has 0 radical (unpaired) electrons. The average molecular weight is 305 g/mol. The van der Waals surface area contributed by atoms with Crippen LogP contribution in [0.15, 0.2) is 24.5 Å². The summed E-state index contributed by atoms with van der Waals surface area (Å²) in [5, 5.41) is 3.31. The van der Waals surface area contributed by atoms with Crippen molar-refractivity contribution in [3.63, 3.8) is 0 Å². The third-order valence-electron chi connectivity index (χ3n) is 4.80. The van der Waals surface area contributed by atoms with Crippen LogP contribution in [0.3, 0.4) is 0 Å². The van der Waals surface area contributed by atoms with Crippen LogP contribution in [-0.2, 0) is 10.3 Å². The fourth-order valence-corrected chi connectivity index (χ4v) is 2.92. The molecule has 0 spiro atoms. The molecule has 0 saturated carbocycles. The second kappa shape index (κ2) is 6.45. The molecule has 1 fully saturated rings. The summed E-state index contributed by atoms with van der Waals surface area (Å²) in [7, 11) is 0. The van der Waals surface area contributed by atoms with Crippen LogP contribution in [0.5, 0.6) is 0 Å². The molecule has 1 aliphatic heterocycles. The fourth-order valence-electron chi connectivity index (χ4n) is 2.92. The Balaban J connectivity index is 2.07. The van der Waals surface area contributed by atoms with Crippen molar-refractivity contribution >= 4 is 5.91 Å². The van der Waals surface area contributed by atoms with E-state index in [0.717, 1.165) is 19.6 Å². The number of hydrogen-bond acceptors (Lipinski definition) is 2. The van der Waals surface area contributed by atoms with Gasteiger partial charge in [-0.1, -0.05) is 20.8 Å². The molecule has 1 atom stereocenters. The van der Waals surface area contributed by atoms with Gasteiger partial charge in [0.2, 0.25) is 5.91 Å². The summed E-state index contributed by atoms with van der Waals surface area (Å²) in [6.45, 7) is 13.8. The van der Waals surface area contributed by atoms with Crippen molar-refractivity contribution in [2.75, 3.05) is 19.6 Å². The zero-order valence-corrected chi connectivity index (χ0v) is 14.7. The maximum atomic E-state index is 12.8. The van der Waals surface area contributed by atoms with Crippen LogP contribution in [-0.4, -0.2) is 41.1 Å². The fraction of sp³-hybridized carbons (Fsp3) is 0.722. The summed E-state index contributed by atoms with van der Waals surface area (Å²) in [5.74, 6) is 0.0859. The first-order valence-corrected chi connectivity index (χ1v) is 8.38. The molecule has 0 aliphatic carbocycles. The molecule has 0 bridgehead atoms. The van der Waals surface area contributed by atoms with Crippen LogP contribution in [0, 0.1) is 5.41 Å². The third kappa shape index (κ3) is 3.92. The number of carbonyl (C=O) groups is 1. The van der Waals surface area contributed by atoms with Crippen LogP contribution in [0.4, 0.5) is 0 Å². The lowest BCUT2D eigenvalue weighted by Crippen LogP contribution is -2.55. The summed E-state index contributed by atoms with van der Waals surface area (Å²) < 4.78 is 1.97. The largest absolute Gasteiger partial charge is 0.350 e. The van der Waals surface area contributed by atoms with Crippen LogP contribution in [0.2, 0.25) is 0 Å². The number of hydrogen-bond donors (Lipinski definition) is 1. The van der Waals surface area contributed by atoms with Gasteiger partial charge < -0.3 is 14.8 Å². The Morgan fingerprint density at radius 2 is 1.64 bits per heavy atom. The normalized spacial score (nSPS) is 18.4. The van der Waals surface area contributed by atoms with Crippen LogP contribution >= 0.6 is 0 Å². The first kappa shape index (κ1) is 17.1. The van der Waals surface area contributed by atoms with E-state index < -0.39 is 5.54 Å². The monoisotopic (exact) mass is 305 g/mol. The van der Waals surface area contributed by atoms with Crippen molar-refractivity contribution in [3.8, 4) is 0 Å². The molecule has 1 aromatic rings. The van der Waals surface area contributed by atoms with E-state index in [9.17, 15) is 4.79 Å². The highest BCUT2D eigenvalue weighted by atomic mass is 16.2. The Kier molecular flexibility index (Phi) is 5.00. The molecule has 1 unspecified atom stereocenters. The van der Waals surface area contributed by atoms with E-state index in [2.05, 4.69) is 31.0 Å². The van der Waals surface area contributed by atoms with Crippen molar-refractivity contribution < 1.29 is 4.79 Å². The molecule has 2 heterocycles. The minimum atomic E-state index is -0.571. The third-order valence-corrected chi connectivity index (χ3v) is 4.80. The molecule has 4 heteroatoms. The summed E-state index contributed by atoms with van der Waals surface area (Å²) in [6.07, 6.45) is 6.46. The van der Waals surface area contributed by atoms with Crippen molar-refractivity contribution in [1.82, 2.24) is 14.8 Å². The highest BCUT2D eigenvalue weighted by molar-refractivity contribution is 5.84. The number of carbonyl (C=O) groups excluding carboxylic acids is 1. The Labute approximate surface area is 134 Å². The lowest BCUT2D eigenvalue weighted by atomic mass is 9.85. The zero-order chi connectivity index (χ0) is 16.4. The van der Waals surface area contributed by atoms with Crippen molar-refractivity contribution in [1.29, 1.82) is 0 Å². The van der Waals surface area contributed by atoms with E-state index >= 15 is 0 Å². The molecule has 22 heavy (non-hydrogen) atoms. The first-order chi connectivity index (χ1) is 10.2. The lowest BCUT2D eigenvalue weighted by Gasteiger charge is -2.37. The van der Waals surface area contributed by atoms with Gasteiger partial charge in [0.25, 0.3) is 0 Å². The summed E-state index contributed by atoms with van der Waals surface area (Å²) >= 11 is 0. The van der Waals surface area contributed by atoms with Gasteiger partial charge in [-0.2, -0.15) is 0 Å². The minimum Gasteiger partial charge on any atom is -0.350 e. The average Bonchev–Trinajstić information content (AvgIpc) is 3.10. The molecule has 0 aromatic carbocycles. The molecule has 1 aromatic heterocycles. The van der Waals surface area contributed by atoms with E-state index in [1.165, 1.54) is 12.8 Å². The van der Waals surface area contributed by atoms with E-state index in [4.69, 9.17) is 0 Å². The van der Waals surface area contributed by atoms with Gasteiger partial charge >= 0.3 is 0 Å². The molecule has 4 nitrogen and oxygen atoms in total. The number of aromatic nitrogens is 1. The molecule has 1 amide bonds. The van der Waals surface area contributed by atoms with Gasteiger partial charge in [-0.15, -0.1) is 0 Å². The van der Waals surface area contributed by atoms with Gasteiger partial charge in [0, 0.05) is 25.0 Å². The predicted octanol–water partition coefficient (Wildman–Crippen LogP) is 2.85. The Bertz CT molecular complexity index is 479. The summed E-state index contributed by atoms with van der Waals surface area (Å²) in [6, 6.07) is 4.08. The predicted molar refractivity (Wildman–Crippen MR) is 90.8 cm³/mol. The van der Waals surface area contributed by atoms with Crippen molar-refractivity contribution in [3.05, 3.63) is 24.5 Å². The van der Waals surface area contributed by atoms with E-state index in [0.29, 0.717) is 0 Å². The van der Waals surface area contributed by atoms with Gasteiger partial charge in [-0.3, -0.25) is 4.79 Å². The lowest BCUT2D eigenvalue weighted by molar-refractivity contribution is -0.130. The van der Waals surface area contributed by atoms with Gasteiger partial charge in [0.15, 0.2) is 0 Å². The number of likely N-dealkylation sites (tertiary alicyclic amines) is 1. The molecule has 1 aliphatic rings. The van der Waals surface area contributed by atoms with Crippen LogP contribution < -0.4 is 5.32 Å². The van der Waals surface area contributed by atoms with Crippen LogP contribution in [0.25, 0.3) is 0 Å². The standard InChI is InChI=1S/C18H31N3O/c1-17(2,3)15(14-20-10-6-7-11-20)19-16(22)18(4,5)21-12-8-9-13-21/h8-9,12-13,15H,6-7,10-11,14H2,1-5H3,(H,19,22).